The number of rotatable bonds is 4. The summed E-state index contributed by atoms with van der Waals surface area (Å²) in [6.07, 6.45) is 0. The third kappa shape index (κ3) is 5.26. The predicted octanol–water partition coefficient (Wildman–Crippen LogP) is 19.0. The number of hydrogen-bond donors (Lipinski definition) is 0. The van der Waals surface area contributed by atoms with Crippen LogP contribution in [0.15, 0.2) is 188 Å². The van der Waals surface area contributed by atoms with Crippen LogP contribution >= 0.6 is 34.0 Å². The summed E-state index contributed by atoms with van der Waals surface area (Å²) in [6, 6.07) is 70.0. The van der Waals surface area contributed by atoms with E-state index in [1.54, 1.807) is 34.0 Å². The van der Waals surface area contributed by atoms with Crippen LogP contribution in [0.25, 0.3) is 143 Å². The van der Waals surface area contributed by atoms with Crippen molar-refractivity contribution in [2.45, 2.75) is 6.92 Å². The topological polar surface area (TPSA) is 38.0 Å². The van der Waals surface area contributed by atoms with Gasteiger partial charge in [-0.1, -0.05) is 164 Å². The van der Waals surface area contributed by atoms with Crippen LogP contribution < -0.4 is 0 Å². The molecule has 0 N–H and O–H groups in total. The molecule has 0 radical (unpaired) electrons. The average molecular weight is 943 g/mol. The van der Waals surface area contributed by atoms with Crippen LogP contribution in [0.3, 0.4) is 0 Å². The number of thiophene rings is 3. The molecule has 15 aromatic rings. The van der Waals surface area contributed by atoms with E-state index in [1.165, 1.54) is 40.3 Å². The Bertz CT molecular complexity index is 4650. The standard InChI is InChI=1S/C63H34N4S3/c1-35-25-26-38-42-27-30-45-39-19-9-12-22-50(39)68-61(45)57(42)66(49(38)33-35)60-53(36-15-5-3-6-16-36)48(34-64)56(55(65-2)54(60)37-17-7-4-8-18-37)67-58-43(28-31-46-40-20-10-13-23-51(40)69-62(46)58)44-29-32-47-41-21-11-14-24-52(41)70-63(47)59(44)67/h3-33H,1H3. The first-order valence-corrected chi connectivity index (χ1v) is 25.7. The van der Waals surface area contributed by atoms with Gasteiger partial charge in [0.1, 0.15) is 6.07 Å². The van der Waals surface area contributed by atoms with Crippen molar-refractivity contribution in [3.8, 4) is 39.7 Å². The first kappa shape index (κ1) is 39.4. The molecule has 5 heterocycles. The largest absolute Gasteiger partial charge is 0.315 e. The molecule has 0 aliphatic rings. The third-order valence-corrected chi connectivity index (χ3v) is 18.0. The zero-order valence-corrected chi connectivity index (χ0v) is 39.9. The van der Waals surface area contributed by atoms with Gasteiger partial charge >= 0.3 is 0 Å². The molecular weight excluding hydrogens is 909 g/mol. The van der Waals surface area contributed by atoms with Crippen molar-refractivity contribution in [1.82, 2.24) is 9.13 Å². The molecule has 7 heteroatoms. The Balaban J connectivity index is 1.24. The van der Waals surface area contributed by atoms with Gasteiger partial charge in [-0.2, -0.15) is 5.26 Å². The summed E-state index contributed by atoms with van der Waals surface area (Å²) >= 11 is 5.37. The van der Waals surface area contributed by atoms with Crippen molar-refractivity contribution >= 4 is 144 Å². The van der Waals surface area contributed by atoms with Crippen LogP contribution in [0.2, 0.25) is 0 Å². The summed E-state index contributed by atoms with van der Waals surface area (Å²) in [4.78, 5) is 4.72. The van der Waals surface area contributed by atoms with Gasteiger partial charge in [0, 0.05) is 79.1 Å². The summed E-state index contributed by atoms with van der Waals surface area (Å²) in [5.74, 6) is 0. The molecule has 70 heavy (non-hydrogen) atoms. The molecule has 15 rings (SSSR count). The predicted molar refractivity (Wildman–Crippen MR) is 300 cm³/mol. The van der Waals surface area contributed by atoms with Crippen LogP contribution in [-0.2, 0) is 0 Å². The Morgan fingerprint density at radius 2 is 0.843 bits per heavy atom. The minimum atomic E-state index is 0.429. The second kappa shape index (κ2) is 14.7. The zero-order valence-electron chi connectivity index (χ0n) is 37.4. The normalized spacial score (nSPS) is 12.0. The van der Waals surface area contributed by atoms with Crippen LogP contribution in [0.5, 0.6) is 0 Å². The second-order valence-electron chi connectivity index (χ2n) is 18.1. The molecule has 0 unspecified atom stereocenters. The van der Waals surface area contributed by atoms with E-state index < -0.39 is 0 Å². The Morgan fingerprint density at radius 3 is 1.33 bits per heavy atom. The van der Waals surface area contributed by atoms with Crippen molar-refractivity contribution < 1.29 is 0 Å². The summed E-state index contributed by atoms with van der Waals surface area (Å²) in [6.45, 7) is 11.8. The van der Waals surface area contributed by atoms with E-state index in [9.17, 15) is 11.8 Å². The van der Waals surface area contributed by atoms with Crippen LogP contribution in [0.1, 0.15) is 11.1 Å². The van der Waals surface area contributed by atoms with E-state index >= 15 is 0 Å². The molecule has 0 aliphatic heterocycles. The lowest BCUT2D eigenvalue weighted by Crippen LogP contribution is -2.08. The first-order chi connectivity index (χ1) is 34.6. The minimum Gasteiger partial charge on any atom is -0.315 e. The van der Waals surface area contributed by atoms with Crippen LogP contribution in [-0.4, -0.2) is 9.13 Å². The highest BCUT2D eigenvalue weighted by molar-refractivity contribution is 7.27. The highest BCUT2D eigenvalue weighted by Crippen LogP contribution is 2.55. The van der Waals surface area contributed by atoms with E-state index in [4.69, 9.17) is 4.85 Å². The number of benzene rings is 10. The fourth-order valence-electron chi connectivity index (χ4n) is 11.5. The SMILES string of the molecule is [C-]#[N+]c1c(-c2ccccc2)c(-n2c3cc(C)ccc3c3ccc4c5ccccc5sc4c32)c(-c2ccccc2)c(C#N)c1-n1c2c(ccc3c4ccccc4sc32)c2ccc3c4ccccc4sc3c21. The number of aryl methyl sites for hydroxylation is 1. The molecule has 0 spiro atoms. The summed E-state index contributed by atoms with van der Waals surface area (Å²) in [5.41, 5.74) is 10.9. The van der Waals surface area contributed by atoms with Gasteiger partial charge in [0.25, 0.3) is 0 Å². The molecule has 0 saturated carbocycles. The highest BCUT2D eigenvalue weighted by Gasteiger charge is 2.33. The van der Waals surface area contributed by atoms with Gasteiger partial charge in [0.05, 0.1) is 59.7 Å². The van der Waals surface area contributed by atoms with Crippen molar-refractivity contribution in [2.75, 3.05) is 0 Å². The maximum absolute atomic E-state index is 12.3. The van der Waals surface area contributed by atoms with E-state index in [2.05, 4.69) is 198 Å². The van der Waals surface area contributed by atoms with Gasteiger partial charge in [0.15, 0.2) is 0 Å². The van der Waals surface area contributed by atoms with Gasteiger partial charge in [-0.25, -0.2) is 4.85 Å². The second-order valence-corrected chi connectivity index (χ2v) is 21.3. The number of hydrogen-bond acceptors (Lipinski definition) is 4. The lowest BCUT2D eigenvalue weighted by atomic mass is 9.88. The molecule has 0 atom stereocenters. The fourth-order valence-corrected chi connectivity index (χ4v) is 15.2. The van der Waals surface area contributed by atoms with Gasteiger partial charge in [-0.3, -0.25) is 0 Å². The van der Waals surface area contributed by atoms with E-state index in [1.807, 2.05) is 12.1 Å². The molecular formula is C63H34N4S3. The fraction of sp³-hybridized carbons (Fsp3) is 0.0159. The zero-order chi connectivity index (χ0) is 46.4. The first-order valence-electron chi connectivity index (χ1n) is 23.3. The van der Waals surface area contributed by atoms with Gasteiger partial charge < -0.3 is 9.13 Å². The summed E-state index contributed by atoms with van der Waals surface area (Å²) < 4.78 is 11.8. The van der Waals surface area contributed by atoms with Crippen molar-refractivity contribution in [2.24, 2.45) is 0 Å². The van der Waals surface area contributed by atoms with Gasteiger partial charge in [0.2, 0.25) is 5.69 Å². The molecule has 0 aliphatic carbocycles. The molecule has 0 bridgehead atoms. The number of fused-ring (bicyclic) bond motifs is 18. The maximum atomic E-state index is 12.3. The molecule has 4 nitrogen and oxygen atoms in total. The van der Waals surface area contributed by atoms with Crippen LogP contribution in [0, 0.1) is 24.8 Å². The smallest absolute Gasteiger partial charge is 0.221 e. The Kier molecular flexibility index (Phi) is 8.29. The quantitative estimate of drug-likeness (QED) is 0.162. The molecule has 5 aromatic heterocycles. The lowest BCUT2D eigenvalue weighted by Gasteiger charge is -2.26. The molecule has 0 amide bonds. The van der Waals surface area contributed by atoms with Crippen molar-refractivity contribution in [3.05, 3.63) is 211 Å². The Hall–Kier alpha value is -8.56. The third-order valence-electron chi connectivity index (χ3n) is 14.4. The number of nitriles is 1. The summed E-state index contributed by atoms with van der Waals surface area (Å²) in [5, 5.41) is 23.8. The average Bonchev–Trinajstić information content (AvgIpc) is 4.23. The Morgan fingerprint density at radius 1 is 0.429 bits per heavy atom. The Labute approximate surface area is 412 Å². The minimum absolute atomic E-state index is 0.429. The molecule has 324 valence electrons. The van der Waals surface area contributed by atoms with Gasteiger partial charge in [-0.15, -0.1) is 34.0 Å². The maximum Gasteiger partial charge on any atom is 0.221 e. The van der Waals surface area contributed by atoms with Crippen LogP contribution in [0.4, 0.5) is 5.69 Å². The number of nitrogens with zero attached hydrogens (tertiary/aromatic N) is 4. The number of aromatic nitrogens is 2. The van der Waals surface area contributed by atoms with Crippen molar-refractivity contribution in [1.29, 1.82) is 5.26 Å². The van der Waals surface area contributed by atoms with E-state index in [0.717, 1.165) is 97.3 Å². The lowest BCUT2D eigenvalue weighted by molar-refractivity contribution is 1.15. The highest BCUT2D eigenvalue weighted by atomic mass is 32.1. The summed E-state index contributed by atoms with van der Waals surface area (Å²) in [7, 11) is 0. The molecule has 0 saturated heterocycles. The molecule has 0 fully saturated rings. The van der Waals surface area contributed by atoms with Gasteiger partial charge in [-0.05, 0) is 47.9 Å². The van der Waals surface area contributed by atoms with Crippen molar-refractivity contribution in [3.63, 3.8) is 0 Å². The van der Waals surface area contributed by atoms with E-state index in [-0.39, 0.29) is 0 Å². The monoisotopic (exact) mass is 942 g/mol. The van der Waals surface area contributed by atoms with E-state index in [0.29, 0.717) is 16.9 Å². The molecule has 10 aromatic carbocycles.